The first-order valence-corrected chi connectivity index (χ1v) is 5.79. The number of fused-ring (bicyclic) bond motifs is 1. The van der Waals surface area contributed by atoms with Crippen molar-refractivity contribution in [1.29, 1.82) is 0 Å². The van der Waals surface area contributed by atoms with Crippen LogP contribution < -0.4 is 5.32 Å². The Hall–Kier alpha value is 0.310. The van der Waals surface area contributed by atoms with E-state index in [-0.39, 0.29) is 0 Å². The van der Waals surface area contributed by atoms with E-state index in [9.17, 15) is 0 Å². The Morgan fingerprint density at radius 2 is 2.18 bits per heavy atom. The first-order chi connectivity index (χ1) is 5.36. The molecule has 1 saturated carbocycles. The van der Waals surface area contributed by atoms with Gasteiger partial charge in [0.05, 0.1) is 0 Å². The Morgan fingerprint density at radius 1 is 1.27 bits per heavy atom. The van der Waals surface area contributed by atoms with Crippen LogP contribution in [0.4, 0.5) is 0 Å². The number of nitrogens with one attached hydrogen (secondary N) is 1. The molecule has 1 heterocycles. The van der Waals surface area contributed by atoms with Crippen LogP contribution in [0, 0.1) is 0 Å². The van der Waals surface area contributed by atoms with E-state index < -0.39 is 0 Å². The average Bonchev–Trinajstić information content (AvgIpc) is 2.31. The molecule has 2 rings (SSSR count). The van der Waals surface area contributed by atoms with Crippen molar-refractivity contribution in [3.8, 4) is 0 Å². The highest BCUT2D eigenvalue weighted by atomic mass is 32.2. The molecule has 0 aromatic rings. The summed E-state index contributed by atoms with van der Waals surface area (Å²) in [5.41, 5.74) is 0. The molecular weight excluding hydrogens is 154 g/mol. The van der Waals surface area contributed by atoms with E-state index in [0.717, 1.165) is 17.3 Å². The summed E-state index contributed by atoms with van der Waals surface area (Å²) in [4.78, 5) is 0. The van der Waals surface area contributed by atoms with E-state index in [1.807, 2.05) is 0 Å². The van der Waals surface area contributed by atoms with Crippen LogP contribution in [-0.4, -0.2) is 23.1 Å². The number of thioether (sulfide) groups is 1. The summed E-state index contributed by atoms with van der Waals surface area (Å²) < 4.78 is 0. The average molecular weight is 171 g/mol. The van der Waals surface area contributed by atoms with Crippen LogP contribution in [0.25, 0.3) is 0 Å². The maximum atomic E-state index is 3.72. The van der Waals surface area contributed by atoms with Crippen LogP contribution in [-0.2, 0) is 0 Å². The third-order valence-corrected chi connectivity index (χ3v) is 4.30. The molecule has 11 heavy (non-hydrogen) atoms. The van der Waals surface area contributed by atoms with Gasteiger partial charge in [-0.05, 0) is 31.9 Å². The lowest BCUT2D eigenvalue weighted by Crippen LogP contribution is -2.37. The van der Waals surface area contributed by atoms with E-state index in [1.165, 1.54) is 31.4 Å². The lowest BCUT2D eigenvalue weighted by Gasteiger charge is -2.18. The molecule has 0 aromatic carbocycles. The Kier molecular flexibility index (Phi) is 2.42. The lowest BCUT2D eigenvalue weighted by atomic mass is 10.2. The molecule has 0 aromatic heterocycles. The lowest BCUT2D eigenvalue weighted by molar-refractivity contribution is 0.458. The summed E-state index contributed by atoms with van der Waals surface area (Å²) in [5.74, 6) is 1.37. The van der Waals surface area contributed by atoms with Crippen LogP contribution in [0.5, 0.6) is 0 Å². The summed E-state index contributed by atoms with van der Waals surface area (Å²) in [5, 5.41) is 4.66. The van der Waals surface area contributed by atoms with Crippen molar-refractivity contribution < 1.29 is 0 Å². The minimum absolute atomic E-state index is 0.760. The molecule has 0 spiro atoms. The van der Waals surface area contributed by atoms with Gasteiger partial charge in [0.25, 0.3) is 0 Å². The van der Waals surface area contributed by atoms with Crippen molar-refractivity contribution >= 4 is 11.8 Å². The molecule has 0 amide bonds. The maximum absolute atomic E-state index is 3.72. The largest absolute Gasteiger partial charge is 0.310 e. The minimum atomic E-state index is 0.760. The van der Waals surface area contributed by atoms with Gasteiger partial charge < -0.3 is 5.32 Å². The summed E-state index contributed by atoms with van der Waals surface area (Å²) in [6, 6.07) is 1.60. The topological polar surface area (TPSA) is 12.0 Å². The Morgan fingerprint density at radius 3 is 3.09 bits per heavy atom. The molecule has 2 heteroatoms. The molecule has 1 saturated heterocycles. The SMILES string of the molecule is CC1CCSC2CCCC2N1. The summed E-state index contributed by atoms with van der Waals surface area (Å²) in [6.45, 7) is 2.32. The molecule has 1 aliphatic heterocycles. The quantitative estimate of drug-likeness (QED) is 0.598. The molecule has 3 unspecified atom stereocenters. The number of rotatable bonds is 0. The van der Waals surface area contributed by atoms with Gasteiger partial charge in [-0.3, -0.25) is 0 Å². The molecule has 0 bridgehead atoms. The van der Waals surface area contributed by atoms with Gasteiger partial charge in [-0.15, -0.1) is 0 Å². The van der Waals surface area contributed by atoms with Gasteiger partial charge >= 0.3 is 0 Å². The Labute approximate surface area is 73.3 Å². The number of hydrogen-bond donors (Lipinski definition) is 1. The molecule has 64 valence electrons. The molecule has 1 N–H and O–H groups in total. The summed E-state index contributed by atoms with van der Waals surface area (Å²) >= 11 is 2.20. The van der Waals surface area contributed by atoms with Gasteiger partial charge in [0.2, 0.25) is 0 Å². The standard InChI is InChI=1S/C9H17NS/c1-7-5-6-11-9-4-2-3-8(9)10-7/h7-10H,2-6H2,1H3. The van der Waals surface area contributed by atoms with E-state index in [2.05, 4.69) is 24.0 Å². The van der Waals surface area contributed by atoms with Crippen LogP contribution in [0.15, 0.2) is 0 Å². The van der Waals surface area contributed by atoms with Crippen LogP contribution in [0.1, 0.15) is 32.6 Å². The highest BCUT2D eigenvalue weighted by Crippen LogP contribution is 2.32. The fourth-order valence-corrected chi connectivity index (χ4v) is 3.73. The smallest absolute Gasteiger partial charge is 0.0201 e. The first-order valence-electron chi connectivity index (χ1n) is 4.74. The molecule has 0 radical (unpaired) electrons. The predicted molar refractivity (Wildman–Crippen MR) is 51.1 cm³/mol. The van der Waals surface area contributed by atoms with Gasteiger partial charge in [-0.2, -0.15) is 11.8 Å². The van der Waals surface area contributed by atoms with Crippen molar-refractivity contribution in [1.82, 2.24) is 5.32 Å². The predicted octanol–water partition coefficient (Wildman–Crippen LogP) is 2.02. The minimum Gasteiger partial charge on any atom is -0.310 e. The van der Waals surface area contributed by atoms with Crippen molar-refractivity contribution in [2.24, 2.45) is 0 Å². The molecule has 3 atom stereocenters. The van der Waals surface area contributed by atoms with Gasteiger partial charge in [0.15, 0.2) is 0 Å². The molecule has 1 aliphatic carbocycles. The third-order valence-electron chi connectivity index (χ3n) is 2.83. The second-order valence-electron chi connectivity index (χ2n) is 3.80. The van der Waals surface area contributed by atoms with E-state index in [1.54, 1.807) is 0 Å². The highest BCUT2D eigenvalue weighted by Gasteiger charge is 2.30. The van der Waals surface area contributed by atoms with Gasteiger partial charge in [-0.1, -0.05) is 6.42 Å². The normalized spacial score (nSPS) is 45.0. The maximum Gasteiger partial charge on any atom is 0.0201 e. The molecular formula is C9H17NS. The zero-order valence-corrected chi connectivity index (χ0v) is 7.99. The molecule has 2 aliphatic rings. The zero-order chi connectivity index (χ0) is 7.68. The van der Waals surface area contributed by atoms with Gasteiger partial charge in [-0.25, -0.2) is 0 Å². The van der Waals surface area contributed by atoms with Gasteiger partial charge in [0, 0.05) is 17.3 Å². The van der Waals surface area contributed by atoms with Crippen molar-refractivity contribution in [3.05, 3.63) is 0 Å². The summed E-state index contributed by atoms with van der Waals surface area (Å²) in [7, 11) is 0. The first kappa shape index (κ1) is 7.93. The van der Waals surface area contributed by atoms with Crippen molar-refractivity contribution in [3.63, 3.8) is 0 Å². The fourth-order valence-electron chi connectivity index (χ4n) is 2.16. The van der Waals surface area contributed by atoms with Gasteiger partial charge in [0.1, 0.15) is 0 Å². The fraction of sp³-hybridized carbons (Fsp3) is 1.00. The van der Waals surface area contributed by atoms with Crippen LogP contribution >= 0.6 is 11.8 Å². The van der Waals surface area contributed by atoms with Crippen LogP contribution in [0.2, 0.25) is 0 Å². The third kappa shape index (κ3) is 1.73. The van der Waals surface area contributed by atoms with Crippen molar-refractivity contribution in [2.45, 2.75) is 49.9 Å². The summed E-state index contributed by atoms with van der Waals surface area (Å²) in [6.07, 6.45) is 5.68. The Bertz CT molecular complexity index is 138. The highest BCUT2D eigenvalue weighted by molar-refractivity contribution is 7.99. The van der Waals surface area contributed by atoms with E-state index in [4.69, 9.17) is 0 Å². The van der Waals surface area contributed by atoms with Crippen LogP contribution in [0.3, 0.4) is 0 Å². The second kappa shape index (κ2) is 3.36. The Balaban J connectivity index is 1.98. The zero-order valence-electron chi connectivity index (χ0n) is 7.18. The van der Waals surface area contributed by atoms with E-state index >= 15 is 0 Å². The molecule has 1 nitrogen and oxygen atoms in total. The second-order valence-corrected chi connectivity index (χ2v) is 5.15. The van der Waals surface area contributed by atoms with E-state index in [0.29, 0.717) is 0 Å². The van der Waals surface area contributed by atoms with Crippen molar-refractivity contribution in [2.75, 3.05) is 5.75 Å². The molecule has 2 fully saturated rings. The number of hydrogen-bond acceptors (Lipinski definition) is 2. The monoisotopic (exact) mass is 171 g/mol.